The van der Waals surface area contributed by atoms with Gasteiger partial charge in [-0.25, -0.2) is 4.79 Å². The number of carboxylic acid groups (broad SMARTS) is 1. The molecule has 7 amide bonds. The molecule has 35 heteroatoms. The average Bonchev–Trinajstić information content (AvgIpc) is 0.768. The molecule has 102 heavy (non-hydrogen) atoms. The van der Waals surface area contributed by atoms with E-state index in [1.54, 1.807) is 0 Å². The van der Waals surface area contributed by atoms with E-state index in [0.29, 0.717) is 0 Å². The Morgan fingerprint density at radius 3 is 1.89 bits per heavy atom. The number of primary amides is 1. The lowest BCUT2D eigenvalue weighted by Gasteiger charge is -2.47. The number of aliphatic hydroxyl groups excluding tert-OH is 6. The smallest absolute Gasteiger partial charge is 0.330 e. The molecular weight excluding hydrogens is 1390 g/mol. The highest BCUT2D eigenvalue weighted by Crippen LogP contribution is 2.50. The van der Waals surface area contributed by atoms with Gasteiger partial charge >= 0.3 is 5.97 Å². The Kier molecular flexibility index (Phi) is 23.5. The maximum atomic E-state index is 16.0. The second-order valence-electron chi connectivity index (χ2n) is 25.7. The van der Waals surface area contributed by atoms with Crippen LogP contribution in [0.1, 0.15) is 113 Å². The van der Waals surface area contributed by atoms with Crippen molar-refractivity contribution in [3.63, 3.8) is 0 Å². The standard InChI is InChI=1S/C66H75Cl2N9O24.CH4/c1-23(2)12-34(71-5)58(88)76-49-51(83)26-7-10-38(32(67)14-26)97-40-16-28-17-41(55(40)101-65-56(54(86)53(85)42(22-78)99-65)100-44-21-66(4,70)57(87)24(3)96-44)98-39-11-8-27(15-33(39)68)52(84)50-63(93)75-48(64(94)95)31-18-29(79)19-37(81)45(31)30-13-25(6-9-36(30)80)46(60(90)77-50)74-61(91)47(28)73-59(89)35(20-43(69)82)72-62(49)92;/h6-11,13-19,23-24,34-35,42,44,46-54,56-57,65,71,78-81,83-87H,12,20-22,70H2,1-5H3,(H2,69,82)(H,72,92)(H,73,89)(H,74,91)(H,75,93)(H,76,88)(H,77,90)(H,94,95);1H4/t24-,34+,35-,42+,44-,46+,47+,48-,49+,50-,51+,52+,53+,54-,56+,57+,65-,66-;/m0./s1. The van der Waals surface area contributed by atoms with Crippen molar-refractivity contribution >= 4 is 70.5 Å². The minimum atomic E-state index is -2.35. The fourth-order valence-corrected chi connectivity index (χ4v) is 12.9. The summed E-state index contributed by atoms with van der Waals surface area (Å²) >= 11 is 14.1. The minimum absolute atomic E-state index is 0. The van der Waals surface area contributed by atoms with Crippen molar-refractivity contribution in [1.29, 1.82) is 0 Å². The van der Waals surface area contributed by atoms with E-state index in [1.165, 1.54) is 33.0 Å². The van der Waals surface area contributed by atoms with Gasteiger partial charge in [0.15, 0.2) is 29.9 Å². The van der Waals surface area contributed by atoms with Crippen molar-refractivity contribution in [1.82, 2.24) is 37.2 Å². The molecule has 7 heterocycles. The molecule has 5 aromatic rings. The van der Waals surface area contributed by atoms with Crippen molar-refractivity contribution in [3.8, 4) is 57.1 Å². The van der Waals surface area contributed by atoms with Gasteiger partial charge in [-0.05, 0) is 110 Å². The van der Waals surface area contributed by atoms with Gasteiger partial charge in [0.1, 0.15) is 89.5 Å². The molecule has 0 aromatic heterocycles. The molecule has 0 spiro atoms. The summed E-state index contributed by atoms with van der Waals surface area (Å²) < 4.78 is 38.3. The highest BCUT2D eigenvalue weighted by Gasteiger charge is 2.51. The quantitative estimate of drug-likeness (QED) is 0.0773. The van der Waals surface area contributed by atoms with E-state index in [9.17, 15) is 75.0 Å². The minimum Gasteiger partial charge on any atom is -0.508 e. The maximum Gasteiger partial charge on any atom is 0.330 e. The highest BCUT2D eigenvalue weighted by molar-refractivity contribution is 6.32. The number of likely N-dealkylation sites (N-methyl/N-ethyl adjacent to an activating group) is 1. The first-order valence-electron chi connectivity index (χ1n) is 31.6. The van der Waals surface area contributed by atoms with Gasteiger partial charge in [0, 0.05) is 34.7 Å². The number of carboxylic acids is 1. The Balaban J connectivity index is 0.0000121. The highest BCUT2D eigenvalue weighted by atomic mass is 35.5. The number of aliphatic carboxylic acids is 1. The summed E-state index contributed by atoms with van der Waals surface area (Å²) in [4.78, 5) is 117. The number of nitrogens with one attached hydrogen (secondary N) is 7. The Morgan fingerprint density at radius 2 is 1.31 bits per heavy atom. The van der Waals surface area contributed by atoms with Crippen molar-refractivity contribution in [2.75, 3.05) is 13.7 Å². The zero-order valence-corrected chi connectivity index (χ0v) is 55.8. The summed E-state index contributed by atoms with van der Waals surface area (Å²) in [6.07, 6.45) is -18.6. The number of rotatable bonds is 13. The predicted octanol–water partition coefficient (Wildman–Crippen LogP) is 0.742. The zero-order chi connectivity index (χ0) is 73.5. The number of carbonyl (C=O) groups excluding carboxylic acids is 7. The number of amides is 7. The lowest BCUT2D eigenvalue weighted by Crippen LogP contribution is -2.64. The molecule has 5 aromatic carbocycles. The summed E-state index contributed by atoms with van der Waals surface area (Å²) in [5.74, 6) is -16.0. The molecule has 18 atom stereocenters. The van der Waals surface area contributed by atoms with Crippen LogP contribution in [-0.4, -0.2) is 191 Å². The van der Waals surface area contributed by atoms with Gasteiger partial charge in [0.05, 0.1) is 41.3 Å². The first-order chi connectivity index (χ1) is 47.7. The lowest BCUT2D eigenvalue weighted by molar-refractivity contribution is -0.333. The number of halogens is 2. The molecule has 0 saturated carbocycles. The van der Waals surface area contributed by atoms with E-state index in [1.807, 2.05) is 13.8 Å². The van der Waals surface area contributed by atoms with Gasteiger partial charge in [-0.1, -0.05) is 62.7 Å². The first-order valence-corrected chi connectivity index (χ1v) is 32.4. The number of carbonyl (C=O) groups is 8. The van der Waals surface area contributed by atoms with E-state index in [4.69, 9.17) is 63.1 Å². The van der Waals surface area contributed by atoms with E-state index >= 15 is 14.4 Å². The summed E-state index contributed by atoms with van der Waals surface area (Å²) in [5.41, 5.74) is 8.00. The Hall–Kier alpha value is -9.20. The number of fused-ring (bicyclic) bond motifs is 15. The van der Waals surface area contributed by atoms with E-state index in [0.717, 1.165) is 66.7 Å². The van der Waals surface area contributed by atoms with Crippen molar-refractivity contribution in [3.05, 3.63) is 117 Å². The summed E-state index contributed by atoms with van der Waals surface area (Å²) in [6.45, 7) is 5.66. The van der Waals surface area contributed by atoms with Crippen LogP contribution in [0.4, 0.5) is 0 Å². The molecule has 12 rings (SSSR count). The van der Waals surface area contributed by atoms with Gasteiger partial charge in [0.2, 0.25) is 53.4 Å². The van der Waals surface area contributed by atoms with Gasteiger partial charge in [0.25, 0.3) is 0 Å². The molecule has 550 valence electrons. The number of phenolic OH excluding ortho intramolecular Hbond substituents is 3. The number of phenols is 3. The first kappa shape index (κ1) is 77.0. The second-order valence-corrected chi connectivity index (χ2v) is 26.5. The van der Waals surface area contributed by atoms with Crippen molar-refractivity contribution in [2.45, 2.75) is 164 Å². The van der Waals surface area contributed by atoms with Crippen LogP contribution >= 0.6 is 23.2 Å². The van der Waals surface area contributed by atoms with Gasteiger partial charge in [-0.2, -0.15) is 0 Å². The third kappa shape index (κ3) is 16.2. The molecule has 2 saturated heterocycles. The van der Waals surface area contributed by atoms with Gasteiger partial charge in [-0.3, -0.25) is 33.6 Å². The molecule has 21 N–H and O–H groups in total. The second kappa shape index (κ2) is 31.2. The molecule has 0 aliphatic carbocycles. The normalized spacial score (nSPS) is 29.1. The molecular formula is C67H79Cl2N9O24. The SMILES string of the molecule is C.CN[C@H](CC(C)C)C(=O)N[C@H]1C(=O)N[C@@H](CC(N)=O)C(=O)N[C@H]2C(=O)N[C@H]3C(=O)N[C@H](C(=O)N[C@H](C(=O)O)c4cc(O)cc(O)c4-c4cc3ccc4O)[C@H](O)c3ccc(c(Cl)c3)Oc3cc2cc(c3O[C@@H]2O[C@H](CO)[C@@H](O)[C@H](O)[C@H]2O[C@H]2C[C@](C)(N)[C@H](O)[C@H](C)O2)Oc2ccc(cc2Cl)[C@H]1O. The number of nitrogens with two attached hydrogens (primary N) is 2. The Bertz CT molecular complexity index is 4080. The molecule has 0 radical (unpaired) electrons. The topological polar surface area (TPSA) is 530 Å². The summed E-state index contributed by atoms with van der Waals surface area (Å²) in [6, 6.07) is -0.679. The van der Waals surface area contributed by atoms with Crippen molar-refractivity contribution < 1.29 is 118 Å². The van der Waals surface area contributed by atoms with Crippen LogP contribution in [0.25, 0.3) is 11.1 Å². The molecule has 11 bridgehead atoms. The number of hydrogen-bond donors (Lipinski definition) is 19. The van der Waals surface area contributed by atoms with Crippen LogP contribution in [0.3, 0.4) is 0 Å². The van der Waals surface area contributed by atoms with Crippen LogP contribution < -0.4 is 62.9 Å². The van der Waals surface area contributed by atoms with Crippen LogP contribution in [0.5, 0.6) is 46.0 Å². The van der Waals surface area contributed by atoms with Gasteiger partial charge in [-0.15, -0.1) is 0 Å². The average molecular weight is 1470 g/mol. The third-order valence-electron chi connectivity index (χ3n) is 17.8. The zero-order valence-electron chi connectivity index (χ0n) is 54.3. The van der Waals surface area contributed by atoms with Gasteiger partial charge < -0.3 is 128 Å². The number of aliphatic hydroxyl groups is 6. The van der Waals surface area contributed by atoms with E-state index < -0.39 is 237 Å². The van der Waals surface area contributed by atoms with Crippen LogP contribution in [0.15, 0.2) is 78.9 Å². The van der Waals surface area contributed by atoms with E-state index in [2.05, 4.69) is 37.2 Å². The fourth-order valence-electron chi connectivity index (χ4n) is 12.5. The molecule has 33 nitrogen and oxygen atoms in total. The predicted molar refractivity (Wildman–Crippen MR) is 356 cm³/mol. The Morgan fingerprint density at radius 1 is 0.716 bits per heavy atom. The fraction of sp³-hybridized carbons (Fsp3) is 0.433. The largest absolute Gasteiger partial charge is 0.508 e. The third-order valence-corrected chi connectivity index (χ3v) is 18.4. The summed E-state index contributed by atoms with van der Waals surface area (Å²) in [5, 5.41) is 131. The van der Waals surface area contributed by atoms with Crippen LogP contribution in [0, 0.1) is 5.92 Å². The van der Waals surface area contributed by atoms with Crippen molar-refractivity contribution in [2.24, 2.45) is 17.4 Å². The van der Waals surface area contributed by atoms with Crippen LogP contribution in [0.2, 0.25) is 10.0 Å². The maximum absolute atomic E-state index is 16.0. The number of hydrogen-bond acceptors (Lipinski definition) is 25. The summed E-state index contributed by atoms with van der Waals surface area (Å²) in [7, 11) is 1.47. The number of aromatic hydroxyl groups is 3. The monoisotopic (exact) mass is 1460 g/mol. The molecule has 0 unspecified atom stereocenters. The molecule has 7 aliphatic rings. The molecule has 2 fully saturated rings. The van der Waals surface area contributed by atoms with E-state index in [-0.39, 0.29) is 53.6 Å². The number of benzene rings is 5. The number of ether oxygens (including phenoxy) is 6. The lowest BCUT2D eigenvalue weighted by atomic mass is 9.86. The molecule has 7 aliphatic heterocycles. The van der Waals surface area contributed by atoms with Crippen LogP contribution in [-0.2, 0) is 52.6 Å². The Labute approximate surface area is 591 Å².